The van der Waals surface area contributed by atoms with Crippen molar-refractivity contribution in [3.8, 4) is 0 Å². The largest absolute Gasteiger partial charge is 0.391 e. The number of piperidine rings is 1. The minimum Gasteiger partial charge on any atom is -0.391 e. The molecule has 1 aliphatic rings. The van der Waals surface area contributed by atoms with Gasteiger partial charge in [0, 0.05) is 31.0 Å². The number of aryl methyl sites for hydroxylation is 1. The van der Waals surface area contributed by atoms with Crippen LogP contribution in [0.3, 0.4) is 0 Å². The molecule has 1 amide bonds. The molecule has 1 fully saturated rings. The molecule has 2 rings (SSSR count). The third-order valence-corrected chi connectivity index (χ3v) is 3.46. The van der Waals surface area contributed by atoms with E-state index in [-0.39, 0.29) is 11.8 Å². The Kier molecular flexibility index (Phi) is 3.43. The van der Waals surface area contributed by atoms with Gasteiger partial charge in [-0.25, -0.2) is 0 Å². The molecule has 1 N–H and O–H groups in total. The average Bonchev–Trinajstić information content (AvgIpc) is 2.32. The standard InChI is InChI=1S/C13H18N2O2/c1-9-4-6-15(8-12(9)16)13(17)11-3-5-14-7-10(11)2/h3,5,7,9,12,16H,4,6,8H2,1-2H3. The van der Waals surface area contributed by atoms with Gasteiger partial charge in [0.1, 0.15) is 0 Å². The number of pyridine rings is 1. The Hall–Kier alpha value is -1.42. The van der Waals surface area contributed by atoms with Crippen LogP contribution in [0.1, 0.15) is 29.3 Å². The highest BCUT2D eigenvalue weighted by atomic mass is 16.3. The van der Waals surface area contributed by atoms with Crippen LogP contribution in [-0.4, -0.2) is 40.1 Å². The van der Waals surface area contributed by atoms with Gasteiger partial charge in [-0.1, -0.05) is 6.92 Å². The van der Waals surface area contributed by atoms with Gasteiger partial charge in [-0.2, -0.15) is 0 Å². The summed E-state index contributed by atoms with van der Waals surface area (Å²) in [5.74, 6) is 0.272. The van der Waals surface area contributed by atoms with Crippen LogP contribution in [0.25, 0.3) is 0 Å². The fourth-order valence-electron chi connectivity index (χ4n) is 2.12. The summed E-state index contributed by atoms with van der Waals surface area (Å²) in [5.41, 5.74) is 1.56. The van der Waals surface area contributed by atoms with Crippen molar-refractivity contribution in [2.75, 3.05) is 13.1 Å². The zero-order valence-electron chi connectivity index (χ0n) is 10.3. The molecule has 2 heterocycles. The summed E-state index contributed by atoms with van der Waals surface area (Å²) in [6.45, 7) is 5.05. The Morgan fingerprint density at radius 2 is 2.35 bits per heavy atom. The van der Waals surface area contributed by atoms with Crippen molar-refractivity contribution in [1.82, 2.24) is 9.88 Å². The van der Waals surface area contributed by atoms with Crippen LogP contribution in [0.5, 0.6) is 0 Å². The number of aromatic nitrogens is 1. The fourth-order valence-corrected chi connectivity index (χ4v) is 2.12. The summed E-state index contributed by atoms with van der Waals surface area (Å²) in [7, 11) is 0. The summed E-state index contributed by atoms with van der Waals surface area (Å²) in [6.07, 6.45) is 3.77. The van der Waals surface area contributed by atoms with Gasteiger partial charge in [-0.3, -0.25) is 9.78 Å². The van der Waals surface area contributed by atoms with E-state index < -0.39 is 6.10 Å². The number of rotatable bonds is 1. The number of aliphatic hydroxyl groups is 1. The first-order chi connectivity index (χ1) is 8.09. The van der Waals surface area contributed by atoms with Gasteiger partial charge >= 0.3 is 0 Å². The maximum Gasteiger partial charge on any atom is 0.254 e. The molecule has 0 aliphatic carbocycles. The quantitative estimate of drug-likeness (QED) is 0.795. The zero-order chi connectivity index (χ0) is 12.4. The van der Waals surface area contributed by atoms with Crippen LogP contribution in [-0.2, 0) is 0 Å². The van der Waals surface area contributed by atoms with Crippen molar-refractivity contribution >= 4 is 5.91 Å². The Morgan fingerprint density at radius 3 is 3.00 bits per heavy atom. The molecule has 0 aromatic carbocycles. The lowest BCUT2D eigenvalue weighted by atomic mass is 9.95. The Labute approximate surface area is 101 Å². The molecule has 2 atom stereocenters. The first-order valence-corrected chi connectivity index (χ1v) is 5.97. The van der Waals surface area contributed by atoms with E-state index in [1.165, 1.54) is 0 Å². The van der Waals surface area contributed by atoms with Gasteiger partial charge in [0.2, 0.25) is 0 Å². The minimum absolute atomic E-state index is 0.00384. The van der Waals surface area contributed by atoms with E-state index in [2.05, 4.69) is 4.98 Å². The summed E-state index contributed by atoms with van der Waals surface area (Å²) >= 11 is 0. The number of hydrogen-bond donors (Lipinski definition) is 1. The Bertz CT molecular complexity index is 420. The van der Waals surface area contributed by atoms with Gasteiger partial charge in [-0.15, -0.1) is 0 Å². The van der Waals surface area contributed by atoms with Crippen LogP contribution < -0.4 is 0 Å². The maximum atomic E-state index is 12.3. The lowest BCUT2D eigenvalue weighted by Gasteiger charge is -2.34. The van der Waals surface area contributed by atoms with E-state index in [1.54, 1.807) is 23.4 Å². The van der Waals surface area contributed by atoms with E-state index in [0.717, 1.165) is 18.5 Å². The Morgan fingerprint density at radius 1 is 1.59 bits per heavy atom. The predicted molar refractivity (Wildman–Crippen MR) is 64.7 cm³/mol. The van der Waals surface area contributed by atoms with Gasteiger partial charge in [0.05, 0.1) is 6.10 Å². The molecular formula is C13H18N2O2. The normalized spacial score (nSPS) is 24.8. The third kappa shape index (κ3) is 2.47. The molecule has 1 aromatic heterocycles. The lowest BCUT2D eigenvalue weighted by molar-refractivity contribution is 0.0248. The highest BCUT2D eigenvalue weighted by molar-refractivity contribution is 5.95. The number of aliphatic hydroxyl groups excluding tert-OH is 1. The highest BCUT2D eigenvalue weighted by Gasteiger charge is 2.28. The van der Waals surface area contributed by atoms with Crippen LogP contribution >= 0.6 is 0 Å². The molecule has 1 aliphatic heterocycles. The van der Waals surface area contributed by atoms with E-state index >= 15 is 0 Å². The van der Waals surface area contributed by atoms with E-state index in [9.17, 15) is 9.90 Å². The number of hydrogen-bond acceptors (Lipinski definition) is 3. The molecule has 2 unspecified atom stereocenters. The van der Waals surface area contributed by atoms with Crippen molar-refractivity contribution in [3.05, 3.63) is 29.6 Å². The van der Waals surface area contributed by atoms with Crippen LogP contribution in [0.2, 0.25) is 0 Å². The van der Waals surface area contributed by atoms with Gasteiger partial charge in [0.15, 0.2) is 0 Å². The van der Waals surface area contributed by atoms with Crippen molar-refractivity contribution in [1.29, 1.82) is 0 Å². The number of β-amino-alcohol motifs (C(OH)–C–C–N with tert-alkyl or cyclic N) is 1. The summed E-state index contributed by atoms with van der Waals surface area (Å²) in [4.78, 5) is 18.0. The number of amides is 1. The molecular weight excluding hydrogens is 216 g/mol. The highest BCUT2D eigenvalue weighted by Crippen LogP contribution is 2.19. The topological polar surface area (TPSA) is 53.4 Å². The number of likely N-dealkylation sites (tertiary alicyclic amines) is 1. The first kappa shape index (κ1) is 12.0. The first-order valence-electron chi connectivity index (χ1n) is 5.97. The molecule has 1 saturated heterocycles. The summed E-state index contributed by atoms with van der Waals surface area (Å²) in [6, 6.07) is 1.74. The van der Waals surface area contributed by atoms with Crippen LogP contribution in [0, 0.1) is 12.8 Å². The van der Waals surface area contributed by atoms with E-state index in [0.29, 0.717) is 12.1 Å². The second-order valence-electron chi connectivity index (χ2n) is 4.78. The molecule has 0 saturated carbocycles. The number of nitrogens with zero attached hydrogens (tertiary/aromatic N) is 2. The number of carbonyl (C=O) groups excluding carboxylic acids is 1. The van der Waals surface area contributed by atoms with Gasteiger partial charge < -0.3 is 10.0 Å². The second kappa shape index (κ2) is 4.84. The van der Waals surface area contributed by atoms with E-state index in [1.807, 2.05) is 13.8 Å². The lowest BCUT2D eigenvalue weighted by Crippen LogP contribution is -2.46. The fraction of sp³-hybridized carbons (Fsp3) is 0.538. The van der Waals surface area contributed by atoms with Gasteiger partial charge in [0.25, 0.3) is 5.91 Å². The maximum absolute atomic E-state index is 12.3. The SMILES string of the molecule is Cc1cnccc1C(=O)N1CCC(C)C(O)C1. The van der Waals surface area contributed by atoms with Crippen molar-refractivity contribution < 1.29 is 9.90 Å². The molecule has 1 aromatic rings. The van der Waals surface area contributed by atoms with Crippen molar-refractivity contribution in [2.24, 2.45) is 5.92 Å². The van der Waals surface area contributed by atoms with Gasteiger partial charge in [-0.05, 0) is 30.9 Å². The molecule has 4 nitrogen and oxygen atoms in total. The van der Waals surface area contributed by atoms with Crippen LogP contribution in [0.4, 0.5) is 0 Å². The van der Waals surface area contributed by atoms with Crippen molar-refractivity contribution in [3.63, 3.8) is 0 Å². The zero-order valence-corrected chi connectivity index (χ0v) is 10.3. The third-order valence-electron chi connectivity index (χ3n) is 3.46. The van der Waals surface area contributed by atoms with E-state index in [4.69, 9.17) is 0 Å². The Balaban J connectivity index is 2.14. The molecule has 0 bridgehead atoms. The molecule has 0 radical (unpaired) electrons. The second-order valence-corrected chi connectivity index (χ2v) is 4.78. The molecule has 4 heteroatoms. The molecule has 17 heavy (non-hydrogen) atoms. The smallest absolute Gasteiger partial charge is 0.254 e. The van der Waals surface area contributed by atoms with Crippen molar-refractivity contribution in [2.45, 2.75) is 26.4 Å². The van der Waals surface area contributed by atoms with Crippen LogP contribution in [0.15, 0.2) is 18.5 Å². The molecule has 92 valence electrons. The number of carbonyl (C=O) groups is 1. The predicted octanol–water partition coefficient (Wildman–Crippen LogP) is 1.23. The summed E-state index contributed by atoms with van der Waals surface area (Å²) < 4.78 is 0. The minimum atomic E-state index is -0.408. The average molecular weight is 234 g/mol. The molecule has 0 spiro atoms. The summed E-state index contributed by atoms with van der Waals surface area (Å²) in [5, 5.41) is 9.81. The monoisotopic (exact) mass is 234 g/mol.